The predicted molar refractivity (Wildman–Crippen MR) is 85.3 cm³/mol. The number of morpholine rings is 1. The van der Waals surface area contributed by atoms with Crippen LogP contribution in [0.3, 0.4) is 0 Å². The Kier molecular flexibility index (Phi) is 5.30. The molecule has 0 aliphatic carbocycles. The average molecular weight is 322 g/mol. The van der Waals surface area contributed by atoms with Gasteiger partial charge in [0.1, 0.15) is 0 Å². The number of amides is 1. The first-order chi connectivity index (χ1) is 11.1. The SMILES string of the molecule is CN(C)CCN1CCO[C@@H]2CCN(C(=O)c3ccno3)CC[C@H]21. The normalized spacial score (nSPS) is 26.1. The van der Waals surface area contributed by atoms with Gasteiger partial charge in [0.15, 0.2) is 0 Å². The van der Waals surface area contributed by atoms with E-state index in [9.17, 15) is 4.79 Å². The lowest BCUT2D eigenvalue weighted by Gasteiger charge is -2.40. The maximum atomic E-state index is 12.4. The van der Waals surface area contributed by atoms with Crippen molar-refractivity contribution in [2.24, 2.45) is 0 Å². The highest BCUT2D eigenvalue weighted by Gasteiger charge is 2.35. The lowest BCUT2D eigenvalue weighted by atomic mass is 10.0. The molecule has 2 fully saturated rings. The van der Waals surface area contributed by atoms with Gasteiger partial charge in [-0.1, -0.05) is 5.16 Å². The zero-order chi connectivity index (χ0) is 16.2. The Morgan fingerprint density at radius 2 is 2.17 bits per heavy atom. The van der Waals surface area contributed by atoms with E-state index in [1.54, 1.807) is 6.07 Å². The molecular weight excluding hydrogens is 296 g/mol. The molecule has 2 atom stereocenters. The molecule has 128 valence electrons. The summed E-state index contributed by atoms with van der Waals surface area (Å²) >= 11 is 0. The Hall–Kier alpha value is -1.44. The Bertz CT molecular complexity index is 505. The molecule has 0 aromatic carbocycles. The lowest BCUT2D eigenvalue weighted by Crippen LogP contribution is -2.52. The fourth-order valence-corrected chi connectivity index (χ4v) is 3.45. The van der Waals surface area contributed by atoms with E-state index in [0.717, 1.165) is 45.6 Å². The minimum absolute atomic E-state index is 0.0685. The second-order valence-corrected chi connectivity index (χ2v) is 6.56. The van der Waals surface area contributed by atoms with E-state index in [2.05, 4.69) is 29.1 Å². The molecule has 3 rings (SSSR count). The summed E-state index contributed by atoms with van der Waals surface area (Å²) in [6.45, 7) is 5.30. The van der Waals surface area contributed by atoms with Crippen LogP contribution in [-0.4, -0.2) is 91.3 Å². The molecule has 0 bridgehead atoms. The number of aromatic nitrogens is 1. The predicted octanol–water partition coefficient (Wildman–Crippen LogP) is 0.542. The van der Waals surface area contributed by atoms with Crippen LogP contribution < -0.4 is 0 Å². The number of hydrogen-bond acceptors (Lipinski definition) is 6. The topological polar surface area (TPSA) is 62.1 Å². The molecule has 0 spiro atoms. The van der Waals surface area contributed by atoms with Crippen molar-refractivity contribution in [1.82, 2.24) is 19.9 Å². The fraction of sp³-hybridized carbons (Fsp3) is 0.750. The van der Waals surface area contributed by atoms with Crippen molar-refractivity contribution in [2.45, 2.75) is 25.0 Å². The van der Waals surface area contributed by atoms with Crippen LogP contribution in [0.4, 0.5) is 0 Å². The van der Waals surface area contributed by atoms with Crippen LogP contribution in [0.15, 0.2) is 16.8 Å². The molecule has 1 aromatic heterocycles. The fourth-order valence-electron chi connectivity index (χ4n) is 3.45. The second-order valence-electron chi connectivity index (χ2n) is 6.56. The number of likely N-dealkylation sites (N-methyl/N-ethyl adjacent to an activating group) is 1. The van der Waals surface area contributed by atoms with Gasteiger partial charge in [-0.15, -0.1) is 0 Å². The third-order valence-corrected chi connectivity index (χ3v) is 4.76. The van der Waals surface area contributed by atoms with Crippen molar-refractivity contribution in [3.63, 3.8) is 0 Å². The smallest absolute Gasteiger partial charge is 0.292 e. The molecule has 0 saturated carbocycles. The molecule has 3 heterocycles. The quantitative estimate of drug-likeness (QED) is 0.806. The van der Waals surface area contributed by atoms with Gasteiger partial charge in [-0.05, 0) is 26.9 Å². The van der Waals surface area contributed by atoms with Gasteiger partial charge in [0.25, 0.3) is 5.91 Å². The van der Waals surface area contributed by atoms with Crippen LogP contribution >= 0.6 is 0 Å². The van der Waals surface area contributed by atoms with Crippen molar-refractivity contribution < 1.29 is 14.1 Å². The third kappa shape index (κ3) is 3.91. The Balaban J connectivity index is 1.63. The summed E-state index contributed by atoms with van der Waals surface area (Å²) in [5, 5.41) is 3.63. The summed E-state index contributed by atoms with van der Waals surface area (Å²) in [5.41, 5.74) is 0. The van der Waals surface area contributed by atoms with Crippen LogP contribution in [0.1, 0.15) is 23.4 Å². The number of hydrogen-bond donors (Lipinski definition) is 0. The van der Waals surface area contributed by atoms with E-state index in [-0.39, 0.29) is 12.0 Å². The summed E-state index contributed by atoms with van der Waals surface area (Å²) in [5.74, 6) is 0.251. The minimum Gasteiger partial charge on any atom is -0.375 e. The van der Waals surface area contributed by atoms with Crippen molar-refractivity contribution in [3.8, 4) is 0 Å². The van der Waals surface area contributed by atoms with Crippen molar-refractivity contribution in [2.75, 3.05) is 53.4 Å². The largest absolute Gasteiger partial charge is 0.375 e. The molecule has 23 heavy (non-hydrogen) atoms. The van der Waals surface area contributed by atoms with Crippen LogP contribution in [0.5, 0.6) is 0 Å². The number of rotatable bonds is 4. The maximum absolute atomic E-state index is 12.4. The third-order valence-electron chi connectivity index (χ3n) is 4.76. The van der Waals surface area contributed by atoms with Gasteiger partial charge in [0.2, 0.25) is 5.76 Å². The maximum Gasteiger partial charge on any atom is 0.292 e. The van der Waals surface area contributed by atoms with Gasteiger partial charge in [-0.25, -0.2) is 0 Å². The number of ether oxygens (including phenoxy) is 1. The summed E-state index contributed by atoms with van der Waals surface area (Å²) in [6, 6.07) is 2.02. The average Bonchev–Trinajstić information content (AvgIpc) is 2.99. The number of carbonyl (C=O) groups is 1. The zero-order valence-electron chi connectivity index (χ0n) is 14.0. The minimum atomic E-state index is -0.0685. The first-order valence-corrected chi connectivity index (χ1v) is 8.35. The van der Waals surface area contributed by atoms with Crippen molar-refractivity contribution >= 4 is 5.91 Å². The zero-order valence-corrected chi connectivity index (χ0v) is 14.0. The standard InChI is InChI=1S/C16H26N4O3/c1-18(2)9-10-19-11-12-22-14-5-8-20(7-4-13(14)19)16(21)15-3-6-17-23-15/h3,6,13-14H,4-5,7-12H2,1-2H3/t13-,14-/m1/s1. The number of nitrogens with zero attached hydrogens (tertiary/aromatic N) is 4. The Morgan fingerprint density at radius 1 is 1.35 bits per heavy atom. The molecule has 1 amide bonds. The first kappa shape index (κ1) is 16.4. The van der Waals surface area contributed by atoms with E-state index in [4.69, 9.17) is 9.26 Å². The molecular formula is C16H26N4O3. The Labute approximate surface area is 137 Å². The number of fused-ring (bicyclic) bond motifs is 1. The van der Waals surface area contributed by atoms with Crippen LogP contribution in [0.25, 0.3) is 0 Å². The van der Waals surface area contributed by atoms with Gasteiger partial charge in [-0.3, -0.25) is 9.69 Å². The molecule has 2 saturated heterocycles. The van der Waals surface area contributed by atoms with E-state index >= 15 is 0 Å². The summed E-state index contributed by atoms with van der Waals surface area (Å²) in [7, 11) is 4.20. The van der Waals surface area contributed by atoms with Crippen LogP contribution in [0.2, 0.25) is 0 Å². The van der Waals surface area contributed by atoms with Gasteiger partial charge in [0.05, 0.1) is 18.9 Å². The highest BCUT2D eigenvalue weighted by Crippen LogP contribution is 2.24. The lowest BCUT2D eigenvalue weighted by molar-refractivity contribution is -0.0724. The van der Waals surface area contributed by atoms with Gasteiger partial charge in [-0.2, -0.15) is 0 Å². The monoisotopic (exact) mass is 322 g/mol. The first-order valence-electron chi connectivity index (χ1n) is 8.35. The van der Waals surface area contributed by atoms with Crippen LogP contribution in [0, 0.1) is 0 Å². The van der Waals surface area contributed by atoms with Crippen LogP contribution in [-0.2, 0) is 4.74 Å². The molecule has 0 radical (unpaired) electrons. The molecule has 2 aliphatic rings. The molecule has 7 nitrogen and oxygen atoms in total. The van der Waals surface area contributed by atoms with Crippen molar-refractivity contribution in [3.05, 3.63) is 18.0 Å². The van der Waals surface area contributed by atoms with Gasteiger partial charge >= 0.3 is 0 Å². The van der Waals surface area contributed by atoms with Gasteiger partial charge < -0.3 is 19.1 Å². The number of carbonyl (C=O) groups excluding carboxylic acids is 1. The molecule has 2 aliphatic heterocycles. The molecule has 0 unspecified atom stereocenters. The second kappa shape index (κ2) is 7.42. The summed E-state index contributed by atoms with van der Waals surface area (Å²) < 4.78 is 11.0. The van der Waals surface area contributed by atoms with E-state index in [1.807, 2.05) is 4.90 Å². The highest BCUT2D eigenvalue weighted by molar-refractivity contribution is 5.91. The molecule has 7 heteroatoms. The molecule has 0 N–H and O–H groups in total. The highest BCUT2D eigenvalue weighted by atomic mass is 16.5. The summed E-state index contributed by atoms with van der Waals surface area (Å²) in [6.07, 6.45) is 3.55. The van der Waals surface area contributed by atoms with Crippen molar-refractivity contribution in [1.29, 1.82) is 0 Å². The Morgan fingerprint density at radius 3 is 2.91 bits per heavy atom. The van der Waals surface area contributed by atoms with Gasteiger partial charge in [0, 0.05) is 44.8 Å². The molecule has 1 aromatic rings. The summed E-state index contributed by atoms with van der Waals surface area (Å²) in [4.78, 5) is 19.0. The van der Waals surface area contributed by atoms with E-state index in [0.29, 0.717) is 18.3 Å². The number of likely N-dealkylation sites (tertiary alicyclic amines) is 1. The van der Waals surface area contributed by atoms with E-state index in [1.165, 1.54) is 6.20 Å². The van der Waals surface area contributed by atoms with E-state index < -0.39 is 0 Å².